The van der Waals surface area contributed by atoms with Crippen LogP contribution in [-0.4, -0.2) is 14.6 Å². The Hall–Kier alpha value is -1.82. The number of hydrogen-bond donors (Lipinski definition) is 0. The second-order valence-electron chi connectivity index (χ2n) is 3.49. The summed E-state index contributed by atoms with van der Waals surface area (Å²) in [5.74, 6) is 6.88. The molecule has 0 saturated heterocycles. The topological polar surface area (TPSA) is 30.2 Å². The second kappa shape index (κ2) is 2.85. The molecule has 2 heterocycles. The fourth-order valence-corrected chi connectivity index (χ4v) is 1.29. The predicted molar refractivity (Wildman–Crippen MR) is 52.6 cm³/mol. The Morgan fingerprint density at radius 2 is 2.29 bits per heavy atom. The fraction of sp³-hybridized carbons (Fsp3) is 0.273. The minimum Gasteiger partial charge on any atom is -0.236 e. The van der Waals surface area contributed by atoms with Gasteiger partial charge >= 0.3 is 0 Å². The maximum atomic E-state index is 4.32. The Morgan fingerprint density at radius 1 is 1.36 bits per heavy atom. The molecule has 1 fully saturated rings. The number of imidazole rings is 1. The van der Waals surface area contributed by atoms with E-state index in [9.17, 15) is 0 Å². The lowest BCUT2D eigenvalue weighted by Gasteiger charge is -1.92. The van der Waals surface area contributed by atoms with Crippen LogP contribution >= 0.6 is 0 Å². The lowest BCUT2D eigenvalue weighted by molar-refractivity contribution is 0.923. The van der Waals surface area contributed by atoms with Crippen molar-refractivity contribution in [3.8, 4) is 11.8 Å². The molecule has 0 radical (unpaired) electrons. The molecule has 0 spiro atoms. The summed E-state index contributed by atoms with van der Waals surface area (Å²) in [4.78, 5) is 4.12. The normalized spacial score (nSPS) is 15.1. The van der Waals surface area contributed by atoms with Gasteiger partial charge in [0.1, 0.15) is 5.69 Å². The lowest BCUT2D eigenvalue weighted by atomic mass is 10.3. The summed E-state index contributed by atoms with van der Waals surface area (Å²) < 4.78 is 1.75. The average Bonchev–Trinajstić information content (AvgIpc) is 2.92. The summed E-state index contributed by atoms with van der Waals surface area (Å²) in [5.41, 5.74) is 1.68. The van der Waals surface area contributed by atoms with Crippen LogP contribution in [0, 0.1) is 17.8 Å². The first-order valence-corrected chi connectivity index (χ1v) is 4.74. The van der Waals surface area contributed by atoms with E-state index in [0.29, 0.717) is 5.92 Å². The molecule has 0 bridgehead atoms. The van der Waals surface area contributed by atoms with Crippen LogP contribution < -0.4 is 0 Å². The third kappa shape index (κ3) is 1.35. The fourth-order valence-electron chi connectivity index (χ4n) is 1.29. The van der Waals surface area contributed by atoms with E-state index in [-0.39, 0.29) is 0 Å². The smallest absolute Gasteiger partial charge is 0.153 e. The van der Waals surface area contributed by atoms with Gasteiger partial charge in [-0.1, -0.05) is 5.92 Å². The van der Waals surface area contributed by atoms with E-state index < -0.39 is 0 Å². The molecular weight excluding hydrogens is 174 g/mol. The van der Waals surface area contributed by atoms with Crippen molar-refractivity contribution in [3.05, 3.63) is 30.2 Å². The van der Waals surface area contributed by atoms with E-state index in [4.69, 9.17) is 0 Å². The highest BCUT2D eigenvalue weighted by Crippen LogP contribution is 2.27. The van der Waals surface area contributed by atoms with E-state index >= 15 is 0 Å². The Kier molecular flexibility index (Phi) is 1.54. The molecule has 0 aliphatic heterocycles. The van der Waals surface area contributed by atoms with Gasteiger partial charge in [0.25, 0.3) is 0 Å². The molecule has 2 aromatic heterocycles. The average molecular weight is 183 g/mol. The summed E-state index contributed by atoms with van der Waals surface area (Å²) in [6.07, 6.45) is 6.07. The Morgan fingerprint density at radius 3 is 3.14 bits per heavy atom. The van der Waals surface area contributed by atoms with E-state index in [1.165, 1.54) is 12.8 Å². The van der Waals surface area contributed by atoms with Crippen LogP contribution in [0.5, 0.6) is 0 Å². The van der Waals surface area contributed by atoms with E-state index in [1.54, 1.807) is 10.7 Å². The van der Waals surface area contributed by atoms with Crippen molar-refractivity contribution < 1.29 is 0 Å². The highest BCUT2D eigenvalue weighted by molar-refractivity contribution is 5.40. The molecule has 68 valence electrons. The molecule has 0 N–H and O–H groups in total. The SMILES string of the molecule is C(#CC1CC1)c1ccc2nccn2n1. The number of hydrogen-bond acceptors (Lipinski definition) is 2. The van der Waals surface area contributed by atoms with Gasteiger partial charge in [0.05, 0.1) is 0 Å². The van der Waals surface area contributed by atoms with Crippen molar-refractivity contribution in [2.24, 2.45) is 5.92 Å². The van der Waals surface area contributed by atoms with E-state index in [0.717, 1.165) is 11.3 Å². The largest absolute Gasteiger partial charge is 0.236 e. The number of fused-ring (bicyclic) bond motifs is 1. The number of aromatic nitrogens is 3. The minimum absolute atomic E-state index is 0.621. The molecule has 0 unspecified atom stereocenters. The van der Waals surface area contributed by atoms with Crippen LogP contribution in [0.1, 0.15) is 18.5 Å². The maximum absolute atomic E-state index is 4.32. The van der Waals surface area contributed by atoms with Gasteiger partial charge < -0.3 is 0 Å². The summed E-state index contributed by atoms with van der Waals surface area (Å²) >= 11 is 0. The van der Waals surface area contributed by atoms with Gasteiger partial charge in [0, 0.05) is 18.3 Å². The van der Waals surface area contributed by atoms with Crippen molar-refractivity contribution in [2.45, 2.75) is 12.8 Å². The van der Waals surface area contributed by atoms with Crippen LogP contribution in [0.15, 0.2) is 24.5 Å². The third-order valence-electron chi connectivity index (χ3n) is 2.24. The van der Waals surface area contributed by atoms with Crippen molar-refractivity contribution in [2.75, 3.05) is 0 Å². The van der Waals surface area contributed by atoms with Gasteiger partial charge in [-0.05, 0) is 30.9 Å². The molecule has 3 nitrogen and oxygen atoms in total. The van der Waals surface area contributed by atoms with Crippen molar-refractivity contribution >= 4 is 5.65 Å². The Labute approximate surface area is 81.8 Å². The Bertz CT molecular complexity index is 526. The first kappa shape index (κ1) is 7.57. The number of nitrogens with zero attached hydrogens (tertiary/aromatic N) is 3. The molecular formula is C11H9N3. The molecule has 0 amide bonds. The van der Waals surface area contributed by atoms with Crippen molar-refractivity contribution in [3.63, 3.8) is 0 Å². The summed E-state index contributed by atoms with van der Waals surface area (Å²) in [5, 5.41) is 4.32. The van der Waals surface area contributed by atoms with Gasteiger partial charge in [-0.15, -0.1) is 0 Å². The molecule has 0 atom stereocenters. The summed E-state index contributed by atoms with van der Waals surface area (Å²) in [6, 6.07) is 3.85. The van der Waals surface area contributed by atoms with Gasteiger partial charge in [-0.3, -0.25) is 0 Å². The van der Waals surface area contributed by atoms with Crippen molar-refractivity contribution in [1.29, 1.82) is 0 Å². The van der Waals surface area contributed by atoms with Crippen LogP contribution in [0.2, 0.25) is 0 Å². The molecule has 1 aliphatic rings. The maximum Gasteiger partial charge on any atom is 0.153 e. The molecule has 0 aromatic carbocycles. The highest BCUT2D eigenvalue weighted by atomic mass is 15.2. The second-order valence-corrected chi connectivity index (χ2v) is 3.49. The molecule has 2 aromatic rings. The predicted octanol–water partition coefficient (Wildman–Crippen LogP) is 1.49. The van der Waals surface area contributed by atoms with Gasteiger partial charge in [0.15, 0.2) is 5.65 Å². The van der Waals surface area contributed by atoms with Gasteiger partial charge in [0.2, 0.25) is 0 Å². The first-order valence-electron chi connectivity index (χ1n) is 4.74. The van der Waals surface area contributed by atoms with Gasteiger partial charge in [-0.25, -0.2) is 9.50 Å². The lowest BCUT2D eigenvalue weighted by Crippen LogP contribution is -1.92. The van der Waals surface area contributed by atoms with Crippen LogP contribution in [0.25, 0.3) is 5.65 Å². The van der Waals surface area contributed by atoms with Crippen molar-refractivity contribution in [1.82, 2.24) is 14.6 Å². The molecule has 1 saturated carbocycles. The van der Waals surface area contributed by atoms with Crippen LogP contribution in [-0.2, 0) is 0 Å². The summed E-state index contributed by atoms with van der Waals surface area (Å²) in [7, 11) is 0. The summed E-state index contributed by atoms with van der Waals surface area (Å²) in [6.45, 7) is 0. The standard InChI is InChI=1S/C11H9N3/c1-2-9(1)3-4-10-5-6-11-12-7-8-14(11)13-10/h5-9H,1-2H2. The number of rotatable bonds is 0. The molecule has 3 rings (SSSR count). The van der Waals surface area contributed by atoms with Gasteiger partial charge in [-0.2, -0.15) is 5.10 Å². The third-order valence-corrected chi connectivity index (χ3v) is 2.24. The molecule has 3 heteroatoms. The molecule has 1 aliphatic carbocycles. The van der Waals surface area contributed by atoms with E-state index in [1.807, 2.05) is 18.3 Å². The monoisotopic (exact) mass is 183 g/mol. The van der Waals surface area contributed by atoms with Crippen LogP contribution in [0.4, 0.5) is 0 Å². The van der Waals surface area contributed by atoms with E-state index in [2.05, 4.69) is 21.9 Å². The molecule has 14 heavy (non-hydrogen) atoms. The minimum atomic E-state index is 0.621. The zero-order valence-electron chi connectivity index (χ0n) is 7.64. The zero-order valence-corrected chi connectivity index (χ0v) is 7.64. The van der Waals surface area contributed by atoms with Crippen LogP contribution in [0.3, 0.4) is 0 Å². The Balaban J connectivity index is 2.01. The highest BCUT2D eigenvalue weighted by Gasteiger charge is 2.17. The quantitative estimate of drug-likeness (QED) is 0.579. The zero-order chi connectivity index (χ0) is 9.38. The first-order chi connectivity index (χ1) is 6.92.